The Labute approximate surface area is 233 Å². The summed E-state index contributed by atoms with van der Waals surface area (Å²) in [7, 11) is 0. The fourth-order valence-electron chi connectivity index (χ4n) is 5.35. The molecule has 6 nitrogen and oxygen atoms in total. The fourth-order valence-corrected chi connectivity index (χ4v) is 5.52. The van der Waals surface area contributed by atoms with Crippen LogP contribution in [0.2, 0.25) is 5.02 Å². The molecular weight excluding hydrogens is 506 g/mol. The molecule has 2 amide bonds. The van der Waals surface area contributed by atoms with Gasteiger partial charge >= 0.3 is 6.03 Å². The summed E-state index contributed by atoms with van der Waals surface area (Å²) in [5.74, 6) is 0.947. The number of aromatic nitrogens is 3. The van der Waals surface area contributed by atoms with Gasteiger partial charge in [0.25, 0.3) is 0 Å². The molecule has 3 aromatic carbocycles. The topological polar surface area (TPSA) is 55.1 Å². The number of para-hydroxylation sites is 1. The van der Waals surface area contributed by atoms with Gasteiger partial charge in [-0.1, -0.05) is 67.1 Å². The molecule has 1 atom stereocenters. The highest BCUT2D eigenvalue weighted by molar-refractivity contribution is 6.31. The van der Waals surface area contributed by atoms with Crippen molar-refractivity contribution in [1.82, 2.24) is 19.2 Å². The zero-order chi connectivity index (χ0) is 27.1. The molecule has 5 aromatic rings. The number of rotatable bonds is 4. The Bertz CT molecular complexity index is 1650. The predicted octanol–water partition coefficient (Wildman–Crippen LogP) is 7.63. The number of carbonyl (C=O) groups is 1. The van der Waals surface area contributed by atoms with E-state index in [0.717, 1.165) is 46.0 Å². The van der Waals surface area contributed by atoms with Crippen molar-refractivity contribution in [2.75, 3.05) is 5.32 Å². The van der Waals surface area contributed by atoms with Gasteiger partial charge in [0.1, 0.15) is 5.82 Å². The molecular formula is C32H30ClN5O. The number of benzene rings is 3. The maximum absolute atomic E-state index is 14.2. The Kier molecular flexibility index (Phi) is 6.49. The van der Waals surface area contributed by atoms with E-state index < -0.39 is 0 Å². The van der Waals surface area contributed by atoms with Gasteiger partial charge in [0, 0.05) is 22.5 Å². The van der Waals surface area contributed by atoms with Gasteiger partial charge in [-0.3, -0.25) is 0 Å². The molecule has 0 spiro atoms. The highest BCUT2D eigenvalue weighted by atomic mass is 35.5. The highest BCUT2D eigenvalue weighted by Gasteiger charge is 2.36. The maximum atomic E-state index is 14.2. The van der Waals surface area contributed by atoms with Crippen LogP contribution in [0.15, 0.2) is 91.1 Å². The standard InChI is InChI=1S/C32H30ClN5O/c1-4-23-13-15-24(16-14-23)30-29-11-8-18-36(29)31-27(22(3)35-38(31)26-9-6-5-7-10-26)20-37(30)32(39)34-28-19-25(33)17-12-21(28)2/h5-19,30H,4,20H2,1-3H3,(H,34,39)/t30-/m1/s1. The molecule has 196 valence electrons. The van der Waals surface area contributed by atoms with Crippen LogP contribution in [0.25, 0.3) is 11.5 Å². The van der Waals surface area contributed by atoms with E-state index in [1.807, 2.05) is 72.0 Å². The number of fused-ring (bicyclic) bond motifs is 3. The van der Waals surface area contributed by atoms with Crippen LogP contribution >= 0.6 is 11.6 Å². The molecule has 0 unspecified atom stereocenters. The van der Waals surface area contributed by atoms with E-state index in [4.69, 9.17) is 16.7 Å². The normalized spacial score (nSPS) is 14.5. The minimum atomic E-state index is -0.318. The Hall–Kier alpha value is -4.29. The Morgan fingerprint density at radius 2 is 1.77 bits per heavy atom. The van der Waals surface area contributed by atoms with Crippen LogP contribution in [-0.2, 0) is 13.0 Å². The first kappa shape index (κ1) is 25.0. The number of aryl methyl sites for hydroxylation is 3. The lowest BCUT2D eigenvalue weighted by atomic mass is 9.99. The molecule has 0 fully saturated rings. The summed E-state index contributed by atoms with van der Waals surface area (Å²) in [5, 5.41) is 8.65. The molecule has 0 saturated carbocycles. The summed E-state index contributed by atoms with van der Waals surface area (Å²) < 4.78 is 4.16. The van der Waals surface area contributed by atoms with E-state index >= 15 is 0 Å². The third-order valence-corrected chi connectivity index (χ3v) is 7.73. The third-order valence-electron chi connectivity index (χ3n) is 7.49. The molecule has 39 heavy (non-hydrogen) atoms. The molecule has 1 aliphatic rings. The molecule has 0 aliphatic carbocycles. The average Bonchev–Trinajstić information content (AvgIpc) is 3.51. The lowest BCUT2D eigenvalue weighted by molar-refractivity contribution is 0.194. The first-order valence-electron chi connectivity index (χ1n) is 13.2. The Morgan fingerprint density at radius 3 is 2.51 bits per heavy atom. The number of anilines is 1. The SMILES string of the molecule is CCc1ccc([C@@H]2c3cccn3-c3c(c(C)nn3-c3ccccc3)CN2C(=O)Nc2cc(Cl)ccc2C)cc1. The van der Waals surface area contributed by atoms with Gasteiger partial charge in [-0.05, 0) is 73.4 Å². The second kappa shape index (κ2) is 10.1. The number of nitrogens with zero attached hydrogens (tertiary/aromatic N) is 4. The summed E-state index contributed by atoms with van der Waals surface area (Å²) in [6.45, 7) is 6.51. The average molecular weight is 536 g/mol. The van der Waals surface area contributed by atoms with Crippen molar-refractivity contribution in [2.24, 2.45) is 0 Å². The molecule has 0 radical (unpaired) electrons. The van der Waals surface area contributed by atoms with E-state index in [1.165, 1.54) is 5.56 Å². The van der Waals surface area contributed by atoms with Gasteiger partial charge < -0.3 is 14.8 Å². The van der Waals surface area contributed by atoms with Crippen LogP contribution in [0.4, 0.5) is 10.5 Å². The summed E-state index contributed by atoms with van der Waals surface area (Å²) in [4.78, 5) is 16.1. The summed E-state index contributed by atoms with van der Waals surface area (Å²) in [6.07, 6.45) is 3.02. The summed E-state index contributed by atoms with van der Waals surface area (Å²) in [6, 6.07) is 27.8. The van der Waals surface area contributed by atoms with Crippen LogP contribution in [0.3, 0.4) is 0 Å². The van der Waals surface area contributed by atoms with Gasteiger partial charge in [0.2, 0.25) is 0 Å². The molecule has 1 N–H and O–H groups in total. The third kappa shape index (κ3) is 4.51. The number of hydrogen-bond acceptors (Lipinski definition) is 2. The number of nitrogens with one attached hydrogen (secondary N) is 1. The minimum absolute atomic E-state index is 0.197. The lowest BCUT2D eigenvalue weighted by Gasteiger charge is -2.31. The Morgan fingerprint density at radius 1 is 1.00 bits per heavy atom. The summed E-state index contributed by atoms with van der Waals surface area (Å²) >= 11 is 6.29. The van der Waals surface area contributed by atoms with Crippen molar-refractivity contribution >= 4 is 23.3 Å². The van der Waals surface area contributed by atoms with Gasteiger partial charge in [-0.2, -0.15) is 5.10 Å². The van der Waals surface area contributed by atoms with Crippen LogP contribution < -0.4 is 5.32 Å². The van der Waals surface area contributed by atoms with Crippen molar-refractivity contribution in [1.29, 1.82) is 0 Å². The van der Waals surface area contributed by atoms with E-state index in [2.05, 4.69) is 53.3 Å². The molecule has 1 aliphatic heterocycles. The largest absolute Gasteiger partial charge is 0.322 e. The fraction of sp³-hybridized carbons (Fsp3) is 0.188. The molecule has 3 heterocycles. The van der Waals surface area contributed by atoms with Gasteiger partial charge in [0.05, 0.1) is 29.7 Å². The van der Waals surface area contributed by atoms with E-state index in [-0.39, 0.29) is 12.1 Å². The zero-order valence-electron chi connectivity index (χ0n) is 22.2. The molecule has 7 heteroatoms. The molecule has 6 rings (SSSR count). The second-order valence-electron chi connectivity index (χ2n) is 9.95. The van der Waals surface area contributed by atoms with Gasteiger partial charge in [-0.15, -0.1) is 0 Å². The van der Waals surface area contributed by atoms with E-state index in [9.17, 15) is 4.79 Å². The van der Waals surface area contributed by atoms with Crippen LogP contribution in [-0.4, -0.2) is 25.3 Å². The van der Waals surface area contributed by atoms with Crippen LogP contribution in [0.1, 0.15) is 46.6 Å². The van der Waals surface area contributed by atoms with Crippen molar-refractivity contribution in [3.8, 4) is 11.5 Å². The second-order valence-corrected chi connectivity index (χ2v) is 10.4. The first-order chi connectivity index (χ1) is 18.9. The number of urea groups is 1. The van der Waals surface area contributed by atoms with Crippen molar-refractivity contribution < 1.29 is 4.79 Å². The number of hydrogen-bond donors (Lipinski definition) is 1. The number of amides is 2. The van der Waals surface area contributed by atoms with Crippen LogP contribution in [0, 0.1) is 13.8 Å². The van der Waals surface area contributed by atoms with Crippen molar-refractivity contribution in [3.05, 3.63) is 130 Å². The van der Waals surface area contributed by atoms with E-state index in [0.29, 0.717) is 17.3 Å². The number of halogens is 1. The zero-order valence-corrected chi connectivity index (χ0v) is 23.0. The molecule has 0 bridgehead atoms. The lowest BCUT2D eigenvalue weighted by Crippen LogP contribution is -2.38. The predicted molar refractivity (Wildman–Crippen MR) is 156 cm³/mol. The van der Waals surface area contributed by atoms with Crippen molar-refractivity contribution in [3.63, 3.8) is 0 Å². The summed E-state index contributed by atoms with van der Waals surface area (Å²) in [5.41, 5.74) is 7.80. The first-order valence-corrected chi connectivity index (χ1v) is 13.6. The van der Waals surface area contributed by atoms with Gasteiger partial charge in [-0.25, -0.2) is 9.48 Å². The van der Waals surface area contributed by atoms with E-state index in [1.54, 1.807) is 6.07 Å². The van der Waals surface area contributed by atoms with Crippen molar-refractivity contribution in [2.45, 2.75) is 39.8 Å². The highest BCUT2D eigenvalue weighted by Crippen LogP contribution is 2.39. The smallest absolute Gasteiger partial charge is 0.307 e. The Balaban J connectivity index is 1.53. The monoisotopic (exact) mass is 535 g/mol. The molecule has 0 saturated heterocycles. The maximum Gasteiger partial charge on any atom is 0.322 e. The number of carbonyl (C=O) groups excluding carboxylic acids is 1. The van der Waals surface area contributed by atoms with Gasteiger partial charge in [0.15, 0.2) is 0 Å². The minimum Gasteiger partial charge on any atom is -0.307 e. The quantitative estimate of drug-likeness (QED) is 0.257. The molecule has 2 aromatic heterocycles. The van der Waals surface area contributed by atoms with Crippen LogP contribution in [0.5, 0.6) is 0 Å².